The molecule has 6 heteroatoms. The number of likely N-dealkylation sites (tertiary alicyclic amines) is 1. The molecule has 1 heterocycles. The van der Waals surface area contributed by atoms with Gasteiger partial charge in [-0.1, -0.05) is 12.8 Å². The Hall–Kier alpha value is -0.810. The predicted octanol–water partition coefficient (Wildman–Crippen LogP) is 1.05. The quantitative estimate of drug-likeness (QED) is 0.796. The van der Waals surface area contributed by atoms with Crippen molar-refractivity contribution in [2.45, 2.75) is 57.0 Å². The van der Waals surface area contributed by atoms with Crippen LogP contribution in [-0.2, 0) is 9.59 Å². The van der Waals surface area contributed by atoms with Crippen LogP contribution in [0.25, 0.3) is 0 Å². The number of amides is 2. The average Bonchev–Trinajstić information content (AvgIpc) is 3.01. The maximum Gasteiger partial charge on any atom is 0.225 e. The van der Waals surface area contributed by atoms with Crippen molar-refractivity contribution in [1.82, 2.24) is 10.2 Å². The molecule has 120 valence electrons. The molecule has 2 amide bonds. The molecule has 0 spiro atoms. The molecular formula is C15H26ClN3O2. The molecule has 0 bridgehead atoms. The molecular weight excluding hydrogens is 290 g/mol. The van der Waals surface area contributed by atoms with Gasteiger partial charge < -0.3 is 16.0 Å². The molecule has 3 rings (SSSR count). The van der Waals surface area contributed by atoms with Gasteiger partial charge in [-0.05, 0) is 31.6 Å². The van der Waals surface area contributed by atoms with Gasteiger partial charge in [-0.3, -0.25) is 9.59 Å². The van der Waals surface area contributed by atoms with Gasteiger partial charge in [0.05, 0.1) is 5.92 Å². The van der Waals surface area contributed by atoms with Crippen LogP contribution in [-0.4, -0.2) is 41.9 Å². The molecule has 2 unspecified atom stereocenters. The normalized spacial score (nSPS) is 27.6. The van der Waals surface area contributed by atoms with Gasteiger partial charge in [0.25, 0.3) is 0 Å². The first-order chi connectivity index (χ1) is 9.65. The van der Waals surface area contributed by atoms with Gasteiger partial charge in [0.15, 0.2) is 0 Å². The molecule has 0 aromatic carbocycles. The third kappa shape index (κ3) is 3.89. The second-order valence-corrected chi connectivity index (χ2v) is 6.63. The minimum absolute atomic E-state index is 0. The maximum atomic E-state index is 12.2. The zero-order valence-electron chi connectivity index (χ0n) is 12.4. The van der Waals surface area contributed by atoms with Crippen LogP contribution in [0, 0.1) is 11.8 Å². The number of halogens is 1. The Morgan fingerprint density at radius 1 is 1.29 bits per heavy atom. The molecule has 2 aliphatic carbocycles. The van der Waals surface area contributed by atoms with E-state index < -0.39 is 0 Å². The van der Waals surface area contributed by atoms with Crippen LogP contribution in [0.2, 0.25) is 0 Å². The van der Waals surface area contributed by atoms with Gasteiger partial charge in [-0.15, -0.1) is 12.4 Å². The van der Waals surface area contributed by atoms with E-state index in [1.807, 2.05) is 4.90 Å². The highest BCUT2D eigenvalue weighted by Crippen LogP contribution is 2.31. The summed E-state index contributed by atoms with van der Waals surface area (Å²) in [5.41, 5.74) is 5.99. The highest BCUT2D eigenvalue weighted by atomic mass is 35.5. The van der Waals surface area contributed by atoms with Gasteiger partial charge in [0.1, 0.15) is 0 Å². The summed E-state index contributed by atoms with van der Waals surface area (Å²) >= 11 is 0. The van der Waals surface area contributed by atoms with E-state index in [-0.39, 0.29) is 36.2 Å². The topological polar surface area (TPSA) is 75.4 Å². The van der Waals surface area contributed by atoms with Crippen molar-refractivity contribution in [1.29, 1.82) is 0 Å². The third-order valence-electron chi connectivity index (χ3n) is 5.03. The fraction of sp³-hybridized carbons (Fsp3) is 0.867. The standard InChI is InChI=1S/C15H25N3O2.ClH/c16-13(10-5-6-10)8-17-15(20)11-7-14(19)18(9-11)12-3-1-2-4-12;/h10-13H,1-9,16H2,(H,17,20);1H. The molecule has 1 aliphatic heterocycles. The van der Waals surface area contributed by atoms with Crippen molar-refractivity contribution >= 4 is 24.2 Å². The van der Waals surface area contributed by atoms with Gasteiger partial charge >= 0.3 is 0 Å². The largest absolute Gasteiger partial charge is 0.354 e. The lowest BCUT2D eigenvalue weighted by molar-refractivity contribution is -0.130. The first kappa shape index (κ1) is 16.6. The predicted molar refractivity (Wildman–Crippen MR) is 83.0 cm³/mol. The number of hydrogen-bond donors (Lipinski definition) is 2. The fourth-order valence-electron chi connectivity index (χ4n) is 3.53. The smallest absolute Gasteiger partial charge is 0.225 e. The first-order valence-electron chi connectivity index (χ1n) is 7.98. The summed E-state index contributed by atoms with van der Waals surface area (Å²) < 4.78 is 0. The summed E-state index contributed by atoms with van der Waals surface area (Å²) in [5.74, 6) is 0.587. The van der Waals surface area contributed by atoms with Crippen LogP contribution < -0.4 is 11.1 Å². The Morgan fingerprint density at radius 2 is 1.95 bits per heavy atom. The first-order valence-corrected chi connectivity index (χ1v) is 7.98. The molecule has 0 aromatic rings. The lowest BCUT2D eigenvalue weighted by Gasteiger charge is -2.24. The van der Waals surface area contributed by atoms with Crippen LogP contribution in [0.3, 0.4) is 0 Å². The number of hydrogen-bond acceptors (Lipinski definition) is 3. The molecule has 21 heavy (non-hydrogen) atoms. The maximum absolute atomic E-state index is 12.2. The van der Waals surface area contributed by atoms with Crippen molar-refractivity contribution in [3.05, 3.63) is 0 Å². The lowest BCUT2D eigenvalue weighted by atomic mass is 10.1. The lowest BCUT2D eigenvalue weighted by Crippen LogP contribution is -2.42. The van der Waals surface area contributed by atoms with Crippen molar-refractivity contribution in [2.24, 2.45) is 17.6 Å². The molecule has 1 saturated heterocycles. The second kappa shape index (κ2) is 6.97. The van der Waals surface area contributed by atoms with Crippen molar-refractivity contribution in [3.63, 3.8) is 0 Å². The van der Waals surface area contributed by atoms with E-state index in [0.717, 1.165) is 12.8 Å². The van der Waals surface area contributed by atoms with E-state index in [1.165, 1.54) is 25.7 Å². The van der Waals surface area contributed by atoms with Gasteiger partial charge in [-0.2, -0.15) is 0 Å². The summed E-state index contributed by atoms with van der Waals surface area (Å²) in [6, 6.07) is 0.469. The number of carbonyl (C=O) groups excluding carboxylic acids is 2. The van der Waals surface area contributed by atoms with E-state index in [9.17, 15) is 9.59 Å². The number of nitrogens with one attached hydrogen (secondary N) is 1. The minimum Gasteiger partial charge on any atom is -0.354 e. The average molecular weight is 316 g/mol. The van der Waals surface area contributed by atoms with Crippen LogP contribution in [0.5, 0.6) is 0 Å². The fourth-order valence-corrected chi connectivity index (χ4v) is 3.53. The van der Waals surface area contributed by atoms with Gasteiger partial charge in [-0.25, -0.2) is 0 Å². The summed E-state index contributed by atoms with van der Waals surface area (Å²) in [7, 11) is 0. The Bertz CT molecular complexity index is 394. The van der Waals surface area contributed by atoms with Crippen molar-refractivity contribution in [3.8, 4) is 0 Å². The molecule has 3 N–H and O–H groups in total. The molecule has 5 nitrogen and oxygen atoms in total. The molecule has 0 radical (unpaired) electrons. The Kier molecular flexibility index (Phi) is 5.49. The third-order valence-corrected chi connectivity index (χ3v) is 5.03. The number of rotatable bonds is 5. The summed E-state index contributed by atoms with van der Waals surface area (Å²) in [5, 5.41) is 2.93. The zero-order chi connectivity index (χ0) is 14.1. The van der Waals surface area contributed by atoms with Gasteiger partial charge in [0, 0.05) is 31.6 Å². The van der Waals surface area contributed by atoms with Gasteiger partial charge in [0.2, 0.25) is 11.8 Å². The summed E-state index contributed by atoms with van der Waals surface area (Å²) in [6.45, 7) is 1.16. The van der Waals surface area contributed by atoms with E-state index in [0.29, 0.717) is 31.5 Å². The highest BCUT2D eigenvalue weighted by Gasteiger charge is 2.38. The Balaban J connectivity index is 0.00000161. The molecule has 2 saturated carbocycles. The number of nitrogens with zero attached hydrogens (tertiary/aromatic N) is 1. The van der Waals surface area contributed by atoms with Crippen LogP contribution in [0.4, 0.5) is 0 Å². The highest BCUT2D eigenvalue weighted by molar-refractivity contribution is 5.89. The summed E-state index contributed by atoms with van der Waals surface area (Å²) in [4.78, 5) is 26.1. The minimum atomic E-state index is -0.172. The van der Waals surface area contributed by atoms with Crippen LogP contribution >= 0.6 is 12.4 Å². The van der Waals surface area contributed by atoms with E-state index in [2.05, 4.69) is 5.32 Å². The molecule has 2 atom stereocenters. The van der Waals surface area contributed by atoms with E-state index >= 15 is 0 Å². The molecule has 0 aromatic heterocycles. The van der Waals surface area contributed by atoms with Crippen molar-refractivity contribution in [2.75, 3.05) is 13.1 Å². The van der Waals surface area contributed by atoms with Crippen LogP contribution in [0.15, 0.2) is 0 Å². The molecule has 3 fully saturated rings. The van der Waals surface area contributed by atoms with Crippen molar-refractivity contribution < 1.29 is 9.59 Å². The Labute approximate surface area is 132 Å². The SMILES string of the molecule is Cl.NC(CNC(=O)C1CC(=O)N(C2CCCC2)C1)C1CC1. The number of carbonyl (C=O) groups is 2. The summed E-state index contributed by atoms with van der Waals surface area (Å²) in [6.07, 6.45) is 7.38. The Morgan fingerprint density at radius 3 is 2.57 bits per heavy atom. The van der Waals surface area contributed by atoms with Crippen LogP contribution in [0.1, 0.15) is 44.9 Å². The van der Waals surface area contributed by atoms with E-state index in [1.54, 1.807) is 0 Å². The zero-order valence-corrected chi connectivity index (χ0v) is 13.2. The van der Waals surface area contributed by atoms with E-state index in [4.69, 9.17) is 5.73 Å². The molecule has 3 aliphatic rings. The number of nitrogens with two attached hydrogens (primary N) is 1. The monoisotopic (exact) mass is 315 g/mol. The second-order valence-electron chi connectivity index (χ2n) is 6.63.